The fraction of sp³-hybridized carbons (Fsp3) is 0.882. The third kappa shape index (κ3) is 19.8. The minimum Gasteiger partial charge on any atom is -0.378 e. The Morgan fingerprint density at radius 1 is 0.400 bits per heavy atom. The second kappa shape index (κ2) is 28.8. The van der Waals surface area contributed by atoms with Crippen LogP contribution in [0.5, 0.6) is 0 Å². The van der Waals surface area contributed by atoms with Crippen molar-refractivity contribution in [1.29, 1.82) is 0 Å². The Labute approximate surface area is 394 Å². The van der Waals surface area contributed by atoms with E-state index in [0.29, 0.717) is 36.7 Å². The Kier molecular flexibility index (Phi) is 25.6. The molecule has 0 spiro atoms. The fourth-order valence-electron chi connectivity index (χ4n) is 8.26. The summed E-state index contributed by atoms with van der Waals surface area (Å²) in [5, 5.41) is 0. The molecule has 0 bridgehead atoms. The molecule has 0 radical (unpaired) electrons. The summed E-state index contributed by atoms with van der Waals surface area (Å²) in [6.07, 6.45) is 13.2. The maximum Gasteiger partial charge on any atom is 0.225 e. The molecule has 0 unspecified atom stereocenters. The smallest absolute Gasteiger partial charge is 0.225 e. The van der Waals surface area contributed by atoms with Gasteiger partial charge in [0.1, 0.15) is 5.67 Å². The summed E-state index contributed by atoms with van der Waals surface area (Å²) in [5.74, 6) is 2.69. The van der Waals surface area contributed by atoms with Gasteiger partial charge in [-0.2, -0.15) is 0 Å². The Morgan fingerprint density at radius 3 is 0.877 bits per heavy atom. The molecular weight excluding hydrogens is 828 g/mol. The molecule has 0 atom stereocenters. The number of piperidine rings is 2. The minimum absolute atomic E-state index is 0.00348. The minimum atomic E-state index is -1.02. The summed E-state index contributed by atoms with van der Waals surface area (Å²) >= 11 is 0. The first-order chi connectivity index (χ1) is 30.5. The van der Waals surface area contributed by atoms with Gasteiger partial charge in [-0.05, 0) is 76.5 Å². The lowest BCUT2D eigenvalue weighted by Crippen LogP contribution is -2.62. The average molecular weight is 921 g/mol. The van der Waals surface area contributed by atoms with Crippen molar-refractivity contribution >= 4 is 35.4 Å². The summed E-state index contributed by atoms with van der Waals surface area (Å²) in [5.41, 5.74) is -1.02. The number of halogens is 1. The number of nitrogens with zero attached hydrogens (tertiary/aromatic N) is 6. The maximum absolute atomic E-state index is 13.8. The fourth-order valence-corrected chi connectivity index (χ4v) is 8.26. The predicted octanol–water partition coefficient (Wildman–Crippen LogP) is 7.55. The van der Waals surface area contributed by atoms with Crippen LogP contribution in [0, 0.1) is 41.4 Å². The van der Waals surface area contributed by atoms with Crippen molar-refractivity contribution in [3.63, 3.8) is 0 Å². The van der Waals surface area contributed by atoms with E-state index in [2.05, 4.69) is 0 Å². The molecule has 6 aliphatic heterocycles. The van der Waals surface area contributed by atoms with Crippen LogP contribution < -0.4 is 0 Å². The third-order valence-electron chi connectivity index (χ3n) is 12.9. The number of hydrogen-bond donors (Lipinski definition) is 0. The van der Waals surface area contributed by atoms with Crippen LogP contribution in [0.15, 0.2) is 0 Å². The number of likely N-dealkylation sites (tertiary alicyclic amines) is 6. The molecule has 13 nitrogen and oxygen atoms in total. The first-order valence-electron chi connectivity index (χ1n) is 25.5. The summed E-state index contributed by atoms with van der Waals surface area (Å²) in [6.45, 7) is 33.3. The topological polar surface area (TPSA) is 131 Å². The molecule has 14 heteroatoms. The number of methoxy groups -OCH3 is 1. The van der Waals surface area contributed by atoms with Crippen molar-refractivity contribution in [2.24, 2.45) is 41.4 Å². The SMILES string of the molecule is CC(C)C(=O)N1CC(F)(C2CC2)C1.CC(C)C(=O)N1CCC1.CC(C)C(=O)N1CCCC1.CC(C)C(=O)N1CCCCC1.CC(C)C(=O)N1CCCCC1.COC1CN(C(=O)C(C)C)C1. The van der Waals surface area contributed by atoms with Gasteiger partial charge in [0.15, 0.2) is 0 Å². The van der Waals surface area contributed by atoms with E-state index >= 15 is 0 Å². The molecule has 0 aromatic carbocycles. The van der Waals surface area contributed by atoms with Crippen molar-refractivity contribution < 1.29 is 37.9 Å². The molecule has 1 saturated carbocycles. The average Bonchev–Trinajstić information content (AvgIpc) is 3.96. The van der Waals surface area contributed by atoms with Gasteiger partial charge in [-0.25, -0.2) is 4.39 Å². The van der Waals surface area contributed by atoms with E-state index in [1.807, 2.05) is 108 Å². The van der Waals surface area contributed by atoms with E-state index in [-0.39, 0.29) is 59.3 Å². The zero-order valence-electron chi connectivity index (χ0n) is 43.3. The monoisotopic (exact) mass is 921 g/mol. The third-order valence-corrected chi connectivity index (χ3v) is 12.9. The first-order valence-corrected chi connectivity index (χ1v) is 25.5. The summed E-state index contributed by atoms with van der Waals surface area (Å²) in [7, 11) is 1.68. The number of carbonyl (C=O) groups excluding carboxylic acids is 6. The molecule has 1 aliphatic carbocycles. The van der Waals surface area contributed by atoms with Gasteiger partial charge >= 0.3 is 0 Å². The number of amides is 6. The summed E-state index contributed by atoms with van der Waals surface area (Å²) in [4.78, 5) is 79.2. The van der Waals surface area contributed by atoms with Crippen molar-refractivity contribution in [2.45, 2.75) is 165 Å². The molecule has 376 valence electrons. The van der Waals surface area contributed by atoms with Crippen LogP contribution in [-0.2, 0) is 33.5 Å². The Bertz CT molecular complexity index is 1420. The lowest BCUT2D eigenvalue weighted by atomic mass is 9.90. The maximum atomic E-state index is 13.8. The van der Waals surface area contributed by atoms with E-state index in [4.69, 9.17) is 4.74 Å². The van der Waals surface area contributed by atoms with E-state index in [9.17, 15) is 33.2 Å². The Balaban J connectivity index is 0.000000269. The summed E-state index contributed by atoms with van der Waals surface area (Å²) in [6, 6.07) is 0. The molecule has 0 N–H and O–H groups in total. The molecule has 6 heterocycles. The molecule has 7 fully saturated rings. The number of alkyl halides is 1. The lowest BCUT2D eigenvalue weighted by molar-refractivity contribution is -0.150. The highest BCUT2D eigenvalue weighted by Crippen LogP contribution is 2.47. The molecule has 65 heavy (non-hydrogen) atoms. The highest BCUT2D eigenvalue weighted by Gasteiger charge is 2.55. The van der Waals surface area contributed by atoms with Crippen LogP contribution in [0.25, 0.3) is 0 Å². The normalized spacial score (nSPS) is 20.1. The molecule has 7 rings (SSSR count). The zero-order chi connectivity index (χ0) is 49.0. The van der Waals surface area contributed by atoms with Crippen molar-refractivity contribution in [1.82, 2.24) is 29.4 Å². The van der Waals surface area contributed by atoms with Gasteiger partial charge < -0.3 is 34.1 Å². The van der Waals surface area contributed by atoms with E-state index in [1.165, 1.54) is 57.8 Å². The van der Waals surface area contributed by atoms with Crippen molar-refractivity contribution in [3.8, 4) is 0 Å². The van der Waals surface area contributed by atoms with Crippen molar-refractivity contribution in [3.05, 3.63) is 0 Å². The Morgan fingerprint density at radius 2 is 0.646 bits per heavy atom. The highest BCUT2D eigenvalue weighted by molar-refractivity contribution is 5.80. The second-order valence-corrected chi connectivity index (χ2v) is 21.0. The van der Waals surface area contributed by atoms with E-state index in [1.54, 1.807) is 12.0 Å². The van der Waals surface area contributed by atoms with Gasteiger partial charge in [0, 0.05) is 108 Å². The number of ether oxygens (including phenoxy) is 1. The molecule has 0 aromatic rings. The number of rotatable bonds is 8. The van der Waals surface area contributed by atoms with Gasteiger partial charge in [0.2, 0.25) is 35.4 Å². The number of hydrogen-bond acceptors (Lipinski definition) is 7. The van der Waals surface area contributed by atoms with Crippen molar-refractivity contribution in [2.75, 3.05) is 85.6 Å². The molecular formula is C51H93FN6O7. The van der Waals surface area contributed by atoms with E-state index < -0.39 is 5.67 Å². The van der Waals surface area contributed by atoms with Crippen LogP contribution in [0.4, 0.5) is 4.39 Å². The van der Waals surface area contributed by atoms with Crippen LogP contribution >= 0.6 is 0 Å². The predicted molar refractivity (Wildman–Crippen MR) is 257 cm³/mol. The largest absolute Gasteiger partial charge is 0.378 e. The molecule has 7 aliphatic rings. The molecule has 6 saturated heterocycles. The highest BCUT2D eigenvalue weighted by atomic mass is 19.1. The van der Waals surface area contributed by atoms with Crippen LogP contribution in [0.1, 0.15) is 154 Å². The van der Waals surface area contributed by atoms with Gasteiger partial charge in [-0.3, -0.25) is 28.8 Å². The van der Waals surface area contributed by atoms with Gasteiger partial charge in [-0.1, -0.05) is 83.1 Å². The standard InChI is InChI=1S/C10H16FNO.2C9H17NO.C8H15NO2.C8H15NO.C7H13NO/c1-7(2)9(13)12-5-10(11,6-12)8-3-4-8;2*1-8(2)9(11)10-6-4-3-5-7-10;1-6(2)8(10)9-4-7(5-9)11-3;1-7(2)8(10)9-5-3-4-6-9;1-6(2)7(9)8-4-3-5-8/h7-8H,3-6H2,1-2H3;2*8H,3-7H2,1-2H3;6-7H,4-5H2,1-3H3;7H,3-6H2,1-2H3;6H,3-5H2,1-2H3. The first kappa shape index (κ1) is 57.8. The number of carbonyl (C=O) groups is 6. The second-order valence-electron chi connectivity index (χ2n) is 21.0. The molecule has 0 aromatic heterocycles. The molecule has 6 amide bonds. The van der Waals surface area contributed by atoms with Gasteiger partial charge in [-0.15, -0.1) is 0 Å². The van der Waals surface area contributed by atoms with Crippen LogP contribution in [-0.4, -0.2) is 162 Å². The van der Waals surface area contributed by atoms with Gasteiger partial charge in [0.05, 0.1) is 19.2 Å². The van der Waals surface area contributed by atoms with Crippen LogP contribution in [0.3, 0.4) is 0 Å². The zero-order valence-corrected chi connectivity index (χ0v) is 43.3. The van der Waals surface area contributed by atoms with Gasteiger partial charge in [0.25, 0.3) is 0 Å². The Hall–Kier alpha value is -3.29. The quantitative estimate of drug-likeness (QED) is 0.246. The van der Waals surface area contributed by atoms with Crippen LogP contribution in [0.2, 0.25) is 0 Å². The lowest BCUT2D eigenvalue weighted by Gasteiger charge is -2.45. The van der Waals surface area contributed by atoms with E-state index in [0.717, 1.165) is 78.3 Å². The summed E-state index contributed by atoms with van der Waals surface area (Å²) < 4.78 is 18.8.